The first kappa shape index (κ1) is 22.1. The maximum absolute atomic E-state index is 4.80. The highest BCUT2D eigenvalue weighted by molar-refractivity contribution is 5.90. The van der Waals surface area contributed by atoms with Gasteiger partial charge >= 0.3 is 0 Å². The first-order chi connectivity index (χ1) is 15.2. The zero-order valence-corrected chi connectivity index (χ0v) is 18.2. The fourth-order valence-electron chi connectivity index (χ4n) is 4.62. The lowest BCUT2D eigenvalue weighted by Crippen LogP contribution is -2.36. The molecule has 2 aromatic heterocycles. The van der Waals surface area contributed by atoms with Crippen LogP contribution >= 0.6 is 0 Å². The van der Waals surface area contributed by atoms with Crippen LogP contribution in [0, 0.1) is 0 Å². The summed E-state index contributed by atoms with van der Waals surface area (Å²) in [7, 11) is 4.06. The van der Waals surface area contributed by atoms with E-state index in [0.717, 1.165) is 54.9 Å². The van der Waals surface area contributed by atoms with Gasteiger partial charge in [-0.1, -0.05) is 37.8 Å². The Morgan fingerprint density at radius 3 is 2.38 bits per heavy atom. The van der Waals surface area contributed by atoms with Crippen molar-refractivity contribution in [2.24, 2.45) is 0 Å². The molecule has 0 amide bonds. The average molecular weight is 431 g/mol. The van der Waals surface area contributed by atoms with Gasteiger partial charge in [0.2, 0.25) is 5.95 Å². The molecule has 6 nitrogen and oxygen atoms in total. The Morgan fingerprint density at radius 2 is 1.59 bits per heavy atom. The summed E-state index contributed by atoms with van der Waals surface area (Å²) < 4.78 is 0. The molecule has 0 radical (unpaired) electrons. The molecule has 32 heavy (non-hydrogen) atoms. The Bertz CT molecular complexity index is 1170. The second-order valence-corrected chi connectivity index (χ2v) is 8.72. The third-order valence-electron chi connectivity index (χ3n) is 6.32. The van der Waals surface area contributed by atoms with E-state index in [1.807, 2.05) is 26.2 Å². The van der Waals surface area contributed by atoms with Crippen molar-refractivity contribution in [3.63, 3.8) is 0 Å². The van der Waals surface area contributed by atoms with E-state index in [2.05, 4.69) is 63.1 Å². The molecule has 2 aromatic carbocycles. The molecule has 4 aromatic rings. The van der Waals surface area contributed by atoms with E-state index < -0.39 is 0 Å². The molecule has 1 aliphatic rings. The van der Waals surface area contributed by atoms with Gasteiger partial charge in [0.1, 0.15) is 5.82 Å². The number of nitrogens with zero attached hydrogens (tertiary/aromatic N) is 3. The molecule has 3 N–H and O–H groups in total. The van der Waals surface area contributed by atoms with Crippen molar-refractivity contribution in [1.82, 2.24) is 20.3 Å². The number of fused-ring (bicyclic) bond motifs is 2. The summed E-state index contributed by atoms with van der Waals surface area (Å²) >= 11 is 0. The van der Waals surface area contributed by atoms with Gasteiger partial charge in [-0.2, -0.15) is 4.98 Å². The van der Waals surface area contributed by atoms with Crippen molar-refractivity contribution in [2.75, 3.05) is 24.3 Å². The second kappa shape index (κ2) is 9.57. The van der Waals surface area contributed by atoms with Crippen LogP contribution in [-0.2, 0) is 6.54 Å². The van der Waals surface area contributed by atoms with Gasteiger partial charge in [0.05, 0.1) is 5.52 Å². The predicted octanol–water partition coefficient (Wildman–Crippen LogP) is 5.33. The molecular formula is C26H34N6. The quantitative estimate of drug-likeness (QED) is 0.386. The van der Waals surface area contributed by atoms with Crippen molar-refractivity contribution >= 4 is 33.6 Å². The SMILES string of the molecule is C.CN(C)c1nc(NC2CCC(NCc3c[nH]c4ccccc34)CC2)nc2ccccc12. The Morgan fingerprint density at radius 1 is 0.906 bits per heavy atom. The van der Waals surface area contributed by atoms with Crippen LogP contribution in [0.3, 0.4) is 0 Å². The van der Waals surface area contributed by atoms with Crippen molar-refractivity contribution in [1.29, 1.82) is 0 Å². The van der Waals surface area contributed by atoms with Crippen molar-refractivity contribution in [3.05, 3.63) is 60.3 Å². The van der Waals surface area contributed by atoms with E-state index in [4.69, 9.17) is 9.97 Å². The summed E-state index contributed by atoms with van der Waals surface area (Å²) in [5, 5.41) is 9.77. The fourth-order valence-corrected chi connectivity index (χ4v) is 4.62. The van der Waals surface area contributed by atoms with Gasteiger partial charge in [0, 0.05) is 55.2 Å². The third-order valence-corrected chi connectivity index (χ3v) is 6.32. The average Bonchev–Trinajstić information content (AvgIpc) is 3.21. The highest BCUT2D eigenvalue weighted by atomic mass is 15.2. The maximum Gasteiger partial charge on any atom is 0.225 e. The number of anilines is 2. The molecule has 0 saturated heterocycles. The number of aromatic amines is 1. The Kier molecular flexibility index (Phi) is 6.61. The molecule has 1 fully saturated rings. The monoisotopic (exact) mass is 430 g/mol. The molecule has 6 heteroatoms. The van der Waals surface area contributed by atoms with E-state index in [0.29, 0.717) is 12.1 Å². The molecule has 0 spiro atoms. The van der Waals surface area contributed by atoms with Gasteiger partial charge in [0.25, 0.3) is 0 Å². The lowest BCUT2D eigenvalue weighted by molar-refractivity contribution is 0.352. The number of para-hydroxylation sites is 2. The maximum atomic E-state index is 4.80. The minimum Gasteiger partial charge on any atom is -0.362 e. The number of hydrogen-bond donors (Lipinski definition) is 3. The van der Waals surface area contributed by atoms with Crippen LogP contribution in [-0.4, -0.2) is 41.1 Å². The van der Waals surface area contributed by atoms with Gasteiger partial charge in [-0.25, -0.2) is 4.98 Å². The third kappa shape index (κ3) is 4.55. The molecule has 0 atom stereocenters. The van der Waals surface area contributed by atoms with E-state index in [9.17, 15) is 0 Å². The number of nitrogens with one attached hydrogen (secondary N) is 3. The number of H-pyrrole nitrogens is 1. The molecule has 0 bridgehead atoms. The first-order valence-corrected chi connectivity index (χ1v) is 11.2. The smallest absolute Gasteiger partial charge is 0.225 e. The summed E-state index contributed by atoms with van der Waals surface area (Å²) in [5.74, 6) is 1.69. The van der Waals surface area contributed by atoms with E-state index >= 15 is 0 Å². The second-order valence-electron chi connectivity index (χ2n) is 8.72. The summed E-state index contributed by atoms with van der Waals surface area (Å²) in [6, 6.07) is 17.7. The predicted molar refractivity (Wildman–Crippen MR) is 135 cm³/mol. The van der Waals surface area contributed by atoms with Crippen LogP contribution in [0.2, 0.25) is 0 Å². The Balaban J connectivity index is 0.00000245. The summed E-state index contributed by atoms with van der Waals surface area (Å²) in [5.41, 5.74) is 3.54. The number of benzene rings is 2. The standard InChI is InChI=1S/C25H30N6.CH4/c1-31(2)24-21-8-4-6-10-23(21)29-25(30-24)28-19-13-11-18(12-14-19)26-15-17-16-27-22-9-5-3-7-20(17)22;/h3-10,16,18-19,26-27H,11-15H2,1-2H3,(H,28,29,30);1H4. The summed E-state index contributed by atoms with van der Waals surface area (Å²) in [4.78, 5) is 15.0. The number of hydrogen-bond acceptors (Lipinski definition) is 5. The zero-order valence-electron chi connectivity index (χ0n) is 18.2. The molecule has 1 saturated carbocycles. The molecular weight excluding hydrogens is 396 g/mol. The Labute approximate surface area is 190 Å². The molecule has 0 aliphatic heterocycles. The number of rotatable bonds is 6. The van der Waals surface area contributed by atoms with Crippen molar-refractivity contribution in [3.8, 4) is 0 Å². The van der Waals surface area contributed by atoms with Crippen molar-refractivity contribution < 1.29 is 0 Å². The van der Waals surface area contributed by atoms with Crippen LogP contribution < -0.4 is 15.5 Å². The molecule has 0 unspecified atom stereocenters. The van der Waals surface area contributed by atoms with E-state index in [1.165, 1.54) is 16.5 Å². The molecule has 5 rings (SSSR count). The largest absolute Gasteiger partial charge is 0.362 e. The fraction of sp³-hybridized carbons (Fsp3) is 0.385. The highest BCUT2D eigenvalue weighted by Crippen LogP contribution is 2.26. The Hall–Kier alpha value is -3.12. The topological polar surface area (TPSA) is 68.9 Å². The lowest BCUT2D eigenvalue weighted by Gasteiger charge is -2.30. The van der Waals surface area contributed by atoms with Crippen molar-refractivity contribution in [2.45, 2.75) is 51.7 Å². The summed E-state index contributed by atoms with van der Waals surface area (Å²) in [6.45, 7) is 0.909. The van der Waals surface area contributed by atoms with E-state index in [-0.39, 0.29) is 7.43 Å². The normalized spacial score (nSPS) is 18.4. The van der Waals surface area contributed by atoms with Gasteiger partial charge in [-0.05, 0) is 49.4 Å². The van der Waals surface area contributed by atoms with Gasteiger partial charge in [0.15, 0.2) is 0 Å². The zero-order chi connectivity index (χ0) is 21.2. The van der Waals surface area contributed by atoms with Crippen LogP contribution in [0.15, 0.2) is 54.7 Å². The first-order valence-electron chi connectivity index (χ1n) is 11.2. The number of aromatic nitrogens is 3. The van der Waals surface area contributed by atoms with E-state index in [1.54, 1.807) is 0 Å². The van der Waals surface area contributed by atoms with Crippen LogP contribution in [0.4, 0.5) is 11.8 Å². The van der Waals surface area contributed by atoms with Gasteiger partial charge < -0.3 is 20.5 Å². The van der Waals surface area contributed by atoms with Gasteiger partial charge in [-0.3, -0.25) is 0 Å². The summed E-state index contributed by atoms with van der Waals surface area (Å²) in [6.07, 6.45) is 6.70. The van der Waals surface area contributed by atoms with Crippen LogP contribution in [0.1, 0.15) is 38.7 Å². The molecule has 2 heterocycles. The molecule has 1 aliphatic carbocycles. The highest BCUT2D eigenvalue weighted by Gasteiger charge is 2.22. The van der Waals surface area contributed by atoms with Crippen LogP contribution in [0.5, 0.6) is 0 Å². The lowest BCUT2D eigenvalue weighted by atomic mass is 9.91. The molecule has 168 valence electrons. The van der Waals surface area contributed by atoms with Crippen LogP contribution in [0.25, 0.3) is 21.8 Å². The van der Waals surface area contributed by atoms with Gasteiger partial charge in [-0.15, -0.1) is 0 Å². The minimum atomic E-state index is 0. The minimum absolute atomic E-state index is 0.